The summed E-state index contributed by atoms with van der Waals surface area (Å²) in [7, 11) is -5.15. The van der Waals surface area contributed by atoms with Crippen molar-refractivity contribution in [2.75, 3.05) is 37.2 Å². The van der Waals surface area contributed by atoms with E-state index >= 15 is 0 Å². The minimum Gasteiger partial charge on any atom is -0.493 e. The predicted molar refractivity (Wildman–Crippen MR) is 162 cm³/mol. The number of aryl methyl sites for hydroxylation is 1. The first-order valence-corrected chi connectivity index (χ1v) is 17.5. The van der Waals surface area contributed by atoms with Gasteiger partial charge in [-0.25, -0.2) is 0 Å². The van der Waals surface area contributed by atoms with Gasteiger partial charge in [-0.15, -0.1) is 0 Å². The van der Waals surface area contributed by atoms with E-state index in [-0.39, 0.29) is 24.3 Å². The molecule has 3 aromatic carbocycles. The van der Waals surface area contributed by atoms with Gasteiger partial charge in [0.1, 0.15) is 4.70 Å². The molecule has 0 saturated heterocycles. The van der Waals surface area contributed by atoms with Crippen LogP contribution in [0.25, 0.3) is 27.1 Å². The van der Waals surface area contributed by atoms with Crippen molar-refractivity contribution in [3.05, 3.63) is 58.6 Å². The first-order valence-electron chi connectivity index (χ1n) is 12.6. The van der Waals surface area contributed by atoms with Crippen LogP contribution in [0.5, 0.6) is 11.5 Å². The number of methoxy groups -OCH3 is 2. The summed E-state index contributed by atoms with van der Waals surface area (Å²) in [5, 5.41) is 3.76. The molecule has 1 aliphatic heterocycles. The Morgan fingerprint density at radius 2 is 1.61 bits per heavy atom. The van der Waals surface area contributed by atoms with Crippen LogP contribution < -0.4 is 18.9 Å². The molecule has 0 aliphatic carbocycles. The highest BCUT2D eigenvalue weighted by molar-refractivity contribution is 8.04. The fourth-order valence-electron chi connectivity index (χ4n) is 4.89. The van der Waals surface area contributed by atoms with E-state index in [1.54, 1.807) is 25.6 Å². The highest BCUT2D eigenvalue weighted by atomic mass is 32.2. The van der Waals surface area contributed by atoms with Gasteiger partial charge < -0.3 is 14.4 Å². The molecule has 1 aliphatic rings. The molecule has 5 rings (SSSR count). The molecule has 4 aromatic rings. The van der Waals surface area contributed by atoms with Crippen molar-refractivity contribution in [2.45, 2.75) is 24.3 Å². The predicted octanol–water partition coefficient (Wildman–Crippen LogP) is 4.83. The van der Waals surface area contributed by atoms with Gasteiger partial charge in [-0.1, -0.05) is 47.4 Å². The van der Waals surface area contributed by atoms with E-state index in [0.29, 0.717) is 24.6 Å². The Labute approximate surface area is 246 Å². The van der Waals surface area contributed by atoms with Gasteiger partial charge in [-0.05, 0) is 23.9 Å². The lowest BCUT2D eigenvalue weighted by Gasteiger charge is -2.20. The van der Waals surface area contributed by atoms with E-state index < -0.39 is 20.2 Å². The number of hydrogen-bond donors (Lipinski definition) is 2. The fraction of sp³-hybridized carbons (Fsp3) is 0.296. The van der Waals surface area contributed by atoms with E-state index in [0.717, 1.165) is 41.6 Å². The summed E-state index contributed by atoms with van der Waals surface area (Å²) < 4.78 is 78.6. The quantitative estimate of drug-likeness (QED) is 0.174. The average Bonchev–Trinajstić information content (AvgIpc) is 3.43. The van der Waals surface area contributed by atoms with E-state index in [1.165, 1.54) is 11.8 Å². The van der Waals surface area contributed by atoms with Crippen molar-refractivity contribution < 1.29 is 40.0 Å². The number of benzene rings is 3. The number of fused-ring (bicyclic) bond motifs is 4. The molecule has 0 amide bonds. The maximum atomic E-state index is 11.5. The maximum absolute atomic E-state index is 11.5. The van der Waals surface area contributed by atoms with Gasteiger partial charge in [0.05, 0.1) is 47.9 Å². The lowest BCUT2D eigenvalue weighted by atomic mass is 10.1. The minimum absolute atomic E-state index is 0.190. The molecule has 2 heterocycles. The smallest absolute Gasteiger partial charge is 0.265 e. The van der Waals surface area contributed by atoms with Gasteiger partial charge in [0, 0.05) is 30.0 Å². The summed E-state index contributed by atoms with van der Waals surface area (Å²) in [6, 6.07) is 15.8. The maximum Gasteiger partial charge on any atom is 0.265 e. The van der Waals surface area contributed by atoms with Crippen molar-refractivity contribution >= 4 is 76.1 Å². The zero-order valence-corrected chi connectivity index (χ0v) is 25.6. The third-order valence-electron chi connectivity index (χ3n) is 6.67. The fourth-order valence-corrected chi connectivity index (χ4v) is 8.23. The molecule has 0 bridgehead atoms. The number of hydrogen-bond acceptors (Lipinski definition) is 9. The Morgan fingerprint density at radius 1 is 0.927 bits per heavy atom. The van der Waals surface area contributed by atoms with E-state index in [1.807, 2.05) is 59.5 Å². The zero-order valence-electron chi connectivity index (χ0n) is 22.3. The molecule has 10 nitrogen and oxygen atoms in total. The lowest BCUT2D eigenvalue weighted by molar-refractivity contribution is -0.667. The highest BCUT2D eigenvalue weighted by Crippen LogP contribution is 2.51. The van der Waals surface area contributed by atoms with Crippen molar-refractivity contribution in [2.24, 2.45) is 0 Å². The van der Waals surface area contributed by atoms with Gasteiger partial charge in [0.2, 0.25) is 5.52 Å². The molecule has 0 fully saturated rings. The second-order valence-corrected chi connectivity index (χ2v) is 14.7. The summed E-state index contributed by atoms with van der Waals surface area (Å²) in [5.74, 6) is 0.349. The van der Waals surface area contributed by atoms with Crippen molar-refractivity contribution in [3.8, 4) is 11.5 Å². The molecule has 0 saturated carbocycles. The summed E-state index contributed by atoms with van der Waals surface area (Å²) in [6.07, 6.45) is 2.41. The van der Waals surface area contributed by atoms with Crippen molar-refractivity contribution in [1.29, 1.82) is 0 Å². The molecule has 14 heteroatoms. The monoisotopic (exact) mass is 637 g/mol. The molecular weight excluding hydrogens is 609 g/mol. The Morgan fingerprint density at radius 3 is 2.32 bits per heavy atom. The Balaban J connectivity index is 1.63. The first kappa shape index (κ1) is 29.6. The number of thiazole rings is 1. The second kappa shape index (κ2) is 11.8. The van der Waals surface area contributed by atoms with E-state index in [9.17, 15) is 25.9 Å². The number of anilines is 1. The molecule has 1 aromatic heterocycles. The minimum atomic E-state index is -4.13. The SMILES string of the molecule is COc1cc2c(cc1OC)N(CCCS(=O)(=O)O)C(=Cc1sc3ccc4ccccc4c3[n+]1CCCS(=O)(=O)O)S2. The number of thioether (sulfide) groups is 1. The van der Waals surface area contributed by atoms with Gasteiger partial charge in [-0.2, -0.15) is 21.4 Å². The number of nitrogens with zero attached hydrogens (tertiary/aromatic N) is 2. The van der Waals surface area contributed by atoms with Crippen LogP contribution in [-0.2, 0) is 26.8 Å². The van der Waals surface area contributed by atoms with E-state index in [2.05, 4.69) is 4.57 Å². The lowest BCUT2D eigenvalue weighted by Crippen LogP contribution is -2.36. The zero-order chi connectivity index (χ0) is 29.4. The third kappa shape index (κ3) is 6.63. The third-order valence-corrected chi connectivity index (χ3v) is 10.5. The Hall–Kier alpha value is -2.88. The average molecular weight is 638 g/mol. The molecule has 218 valence electrons. The van der Waals surface area contributed by atoms with Crippen LogP contribution in [0, 0.1) is 0 Å². The number of aromatic nitrogens is 1. The molecule has 2 N–H and O–H groups in total. The van der Waals surface area contributed by atoms with Crippen LogP contribution in [0.2, 0.25) is 0 Å². The first-order chi connectivity index (χ1) is 19.5. The molecule has 0 spiro atoms. The number of ether oxygens (including phenoxy) is 2. The normalized spacial score (nSPS) is 14.7. The Bertz CT molecular complexity index is 1870. The van der Waals surface area contributed by atoms with Gasteiger partial charge in [-0.3, -0.25) is 9.11 Å². The molecule has 0 radical (unpaired) electrons. The van der Waals surface area contributed by atoms with Gasteiger partial charge >= 0.3 is 0 Å². The topological polar surface area (TPSA) is 134 Å². The van der Waals surface area contributed by atoms with Crippen LogP contribution in [0.1, 0.15) is 17.8 Å². The van der Waals surface area contributed by atoms with Crippen LogP contribution >= 0.6 is 23.1 Å². The van der Waals surface area contributed by atoms with Crippen LogP contribution in [0.3, 0.4) is 0 Å². The van der Waals surface area contributed by atoms with Crippen LogP contribution in [-0.4, -0.2) is 58.2 Å². The molecule has 41 heavy (non-hydrogen) atoms. The van der Waals surface area contributed by atoms with Crippen molar-refractivity contribution in [3.63, 3.8) is 0 Å². The van der Waals surface area contributed by atoms with Crippen LogP contribution in [0.15, 0.2) is 58.5 Å². The van der Waals surface area contributed by atoms with Crippen LogP contribution in [0.4, 0.5) is 5.69 Å². The van der Waals surface area contributed by atoms with Gasteiger partial charge in [0.15, 0.2) is 18.0 Å². The highest BCUT2D eigenvalue weighted by Gasteiger charge is 2.30. The standard InChI is InChI=1S/C27H28N2O8S4/c1-36-21-15-20-24(16-22(21)37-2)39-25(28(20)11-5-13-40(30,31)32)17-26-29(12-6-14-41(33,34)35)27-19-8-4-3-7-18(19)9-10-23(27)38-26/h3-4,7-10,15-17H,5-6,11-14H2,1-2H3,(H-,30,31,32,33,34,35)/p+1. The summed E-state index contributed by atoms with van der Waals surface area (Å²) in [5.41, 5.74) is 1.79. The number of rotatable bonds is 11. The second-order valence-electron chi connectivity index (χ2n) is 9.42. The Kier molecular flexibility index (Phi) is 8.51. The summed E-state index contributed by atoms with van der Waals surface area (Å²) in [4.78, 5) is 2.88. The van der Waals surface area contributed by atoms with Crippen molar-refractivity contribution in [1.82, 2.24) is 0 Å². The summed E-state index contributed by atoms with van der Waals surface area (Å²) >= 11 is 3.05. The van der Waals surface area contributed by atoms with E-state index in [4.69, 9.17) is 9.47 Å². The summed E-state index contributed by atoms with van der Waals surface area (Å²) in [6.45, 7) is 0.673. The molecular formula is C27H29N2O8S4+. The largest absolute Gasteiger partial charge is 0.493 e. The molecule has 0 atom stereocenters. The van der Waals surface area contributed by atoms with Gasteiger partial charge in [0.25, 0.3) is 25.2 Å². The molecule has 0 unspecified atom stereocenters.